The van der Waals surface area contributed by atoms with E-state index >= 15 is 0 Å². The van der Waals surface area contributed by atoms with E-state index in [2.05, 4.69) is 0 Å². The standard InChI is InChI=1S/C24H35FO5/c25-16-18-7-5-6-17(14-18)10-11-19(26)12-13-21-20(22(27)15-23(21)28)8-3-1-2-4-9-24(29)30/h5-7,10-11,14,19-23,26-28H,1-4,8-9,12-13,15-16H2,(H,29,30)/b11-10+/t19?,20-,21-,22+,23-/m1/s1. The zero-order valence-electron chi connectivity index (χ0n) is 17.5. The third-order valence-electron chi connectivity index (χ3n) is 6.11. The van der Waals surface area contributed by atoms with Gasteiger partial charge in [-0.3, -0.25) is 4.79 Å². The number of benzene rings is 1. The highest BCUT2D eigenvalue weighted by Gasteiger charge is 2.40. The zero-order valence-corrected chi connectivity index (χ0v) is 17.5. The lowest BCUT2D eigenvalue weighted by molar-refractivity contribution is -0.137. The molecule has 2 rings (SSSR count). The molecule has 1 fully saturated rings. The van der Waals surface area contributed by atoms with Crippen LogP contribution < -0.4 is 0 Å². The van der Waals surface area contributed by atoms with Crippen molar-refractivity contribution in [1.29, 1.82) is 0 Å². The Kier molecular flexibility index (Phi) is 10.5. The average Bonchev–Trinajstić information content (AvgIpc) is 2.99. The first-order valence-electron chi connectivity index (χ1n) is 11.0. The van der Waals surface area contributed by atoms with Gasteiger partial charge in [0.25, 0.3) is 0 Å². The molecule has 0 aromatic heterocycles. The molecule has 4 N–H and O–H groups in total. The van der Waals surface area contributed by atoms with Gasteiger partial charge in [0.1, 0.15) is 6.67 Å². The van der Waals surface area contributed by atoms with Crippen molar-refractivity contribution in [3.8, 4) is 0 Å². The van der Waals surface area contributed by atoms with Crippen LogP contribution in [0.25, 0.3) is 6.08 Å². The number of halogens is 1. The average molecular weight is 423 g/mol. The number of unbranched alkanes of at least 4 members (excludes halogenated alkanes) is 3. The lowest BCUT2D eigenvalue weighted by Gasteiger charge is -2.24. The van der Waals surface area contributed by atoms with Gasteiger partial charge >= 0.3 is 5.97 Å². The summed E-state index contributed by atoms with van der Waals surface area (Å²) in [5, 5.41) is 39.6. The second kappa shape index (κ2) is 12.8. The van der Waals surface area contributed by atoms with E-state index in [0.29, 0.717) is 31.2 Å². The molecule has 1 aliphatic rings. The summed E-state index contributed by atoms with van der Waals surface area (Å²) in [6.07, 6.45) is 7.53. The first-order chi connectivity index (χ1) is 14.4. The molecule has 30 heavy (non-hydrogen) atoms. The highest BCUT2D eigenvalue weighted by Crippen LogP contribution is 2.39. The Morgan fingerprint density at radius 3 is 2.50 bits per heavy atom. The van der Waals surface area contributed by atoms with Crippen LogP contribution in [0.3, 0.4) is 0 Å². The molecule has 6 heteroatoms. The summed E-state index contributed by atoms with van der Waals surface area (Å²) < 4.78 is 12.7. The van der Waals surface area contributed by atoms with E-state index in [-0.39, 0.29) is 18.3 Å². The fourth-order valence-corrected chi connectivity index (χ4v) is 4.45. The van der Waals surface area contributed by atoms with Crippen molar-refractivity contribution in [2.45, 2.75) is 82.8 Å². The van der Waals surface area contributed by atoms with E-state index in [4.69, 9.17) is 5.11 Å². The number of hydrogen-bond acceptors (Lipinski definition) is 4. The number of aliphatic hydroxyl groups excluding tert-OH is 3. The number of aliphatic hydroxyl groups is 3. The molecule has 0 radical (unpaired) electrons. The topological polar surface area (TPSA) is 98.0 Å². The lowest BCUT2D eigenvalue weighted by Crippen LogP contribution is -2.23. The van der Waals surface area contributed by atoms with Gasteiger partial charge in [-0.05, 0) is 61.1 Å². The third kappa shape index (κ3) is 8.17. The maximum absolute atomic E-state index is 12.7. The molecule has 5 atom stereocenters. The summed E-state index contributed by atoms with van der Waals surface area (Å²) in [6, 6.07) is 7.09. The second-order valence-electron chi connectivity index (χ2n) is 8.43. The number of carbonyl (C=O) groups is 1. The lowest BCUT2D eigenvalue weighted by atomic mass is 9.85. The van der Waals surface area contributed by atoms with E-state index in [1.165, 1.54) is 0 Å². The van der Waals surface area contributed by atoms with Crippen molar-refractivity contribution in [1.82, 2.24) is 0 Å². The van der Waals surface area contributed by atoms with E-state index < -0.39 is 31.0 Å². The van der Waals surface area contributed by atoms with Crippen LogP contribution in [0, 0.1) is 11.8 Å². The number of hydrogen-bond donors (Lipinski definition) is 4. The Morgan fingerprint density at radius 2 is 1.80 bits per heavy atom. The summed E-state index contributed by atoms with van der Waals surface area (Å²) in [5.41, 5.74) is 1.43. The molecule has 0 saturated heterocycles. The van der Waals surface area contributed by atoms with Gasteiger partial charge in [-0.1, -0.05) is 49.6 Å². The van der Waals surface area contributed by atoms with Gasteiger partial charge in [0.2, 0.25) is 0 Å². The molecule has 1 saturated carbocycles. The number of aliphatic carboxylic acids is 1. The van der Waals surface area contributed by atoms with Crippen molar-refractivity contribution in [3.05, 3.63) is 41.5 Å². The molecule has 0 bridgehead atoms. The van der Waals surface area contributed by atoms with Gasteiger partial charge < -0.3 is 20.4 Å². The van der Waals surface area contributed by atoms with Crippen LogP contribution in [0.15, 0.2) is 30.3 Å². The third-order valence-corrected chi connectivity index (χ3v) is 6.11. The summed E-state index contributed by atoms with van der Waals surface area (Å²) in [4.78, 5) is 10.5. The molecular formula is C24H35FO5. The molecule has 5 nitrogen and oxygen atoms in total. The minimum absolute atomic E-state index is 0.0110. The normalized spacial score (nSPS) is 25.1. The first kappa shape index (κ1) is 24.5. The monoisotopic (exact) mass is 422 g/mol. The van der Waals surface area contributed by atoms with Crippen molar-refractivity contribution >= 4 is 12.0 Å². The summed E-state index contributed by atoms with van der Waals surface area (Å²) >= 11 is 0. The van der Waals surface area contributed by atoms with E-state index in [1.54, 1.807) is 30.4 Å². The van der Waals surface area contributed by atoms with Crippen molar-refractivity contribution in [2.75, 3.05) is 0 Å². The highest BCUT2D eigenvalue weighted by atomic mass is 19.1. The van der Waals surface area contributed by atoms with Gasteiger partial charge in [-0.15, -0.1) is 0 Å². The summed E-state index contributed by atoms with van der Waals surface area (Å²) in [6.45, 7) is -0.521. The Labute approximate surface area is 178 Å². The number of alkyl halides is 1. The quantitative estimate of drug-likeness (QED) is 0.359. The zero-order chi connectivity index (χ0) is 21.9. The van der Waals surface area contributed by atoms with Crippen LogP contribution in [-0.2, 0) is 11.5 Å². The van der Waals surface area contributed by atoms with Crippen LogP contribution in [0.4, 0.5) is 4.39 Å². The Morgan fingerprint density at radius 1 is 1.10 bits per heavy atom. The second-order valence-corrected chi connectivity index (χ2v) is 8.43. The molecule has 0 spiro atoms. The van der Waals surface area contributed by atoms with Gasteiger partial charge in [0.15, 0.2) is 0 Å². The largest absolute Gasteiger partial charge is 0.481 e. The highest BCUT2D eigenvalue weighted by molar-refractivity contribution is 5.66. The molecule has 0 heterocycles. The smallest absolute Gasteiger partial charge is 0.303 e. The number of carboxylic acid groups (broad SMARTS) is 1. The minimum atomic E-state index is -0.771. The van der Waals surface area contributed by atoms with Gasteiger partial charge in [-0.2, -0.15) is 0 Å². The molecule has 1 aliphatic carbocycles. The molecule has 168 valence electrons. The van der Waals surface area contributed by atoms with Crippen LogP contribution in [-0.4, -0.2) is 44.7 Å². The van der Waals surface area contributed by atoms with Gasteiger partial charge in [-0.25, -0.2) is 4.39 Å². The Bertz CT molecular complexity index is 677. The fraction of sp³-hybridized carbons (Fsp3) is 0.625. The van der Waals surface area contributed by atoms with Crippen LogP contribution in [0.5, 0.6) is 0 Å². The van der Waals surface area contributed by atoms with Crippen LogP contribution in [0.2, 0.25) is 0 Å². The predicted octanol–water partition coefficient (Wildman–Crippen LogP) is 4.09. The van der Waals surface area contributed by atoms with Crippen LogP contribution in [0.1, 0.15) is 68.9 Å². The van der Waals surface area contributed by atoms with Gasteiger partial charge in [0, 0.05) is 6.42 Å². The van der Waals surface area contributed by atoms with Gasteiger partial charge in [0.05, 0.1) is 18.3 Å². The maximum Gasteiger partial charge on any atom is 0.303 e. The van der Waals surface area contributed by atoms with Crippen molar-refractivity contribution < 1.29 is 29.6 Å². The summed E-state index contributed by atoms with van der Waals surface area (Å²) in [7, 11) is 0. The van der Waals surface area contributed by atoms with Crippen molar-refractivity contribution in [3.63, 3.8) is 0 Å². The Hall–Kier alpha value is -1.76. The van der Waals surface area contributed by atoms with E-state index in [9.17, 15) is 24.5 Å². The molecule has 0 aliphatic heterocycles. The predicted molar refractivity (Wildman–Crippen MR) is 114 cm³/mol. The number of rotatable bonds is 13. The minimum Gasteiger partial charge on any atom is -0.481 e. The van der Waals surface area contributed by atoms with E-state index in [0.717, 1.165) is 31.2 Å². The van der Waals surface area contributed by atoms with Crippen LogP contribution >= 0.6 is 0 Å². The molecule has 1 aromatic rings. The molecular weight excluding hydrogens is 387 g/mol. The van der Waals surface area contributed by atoms with Crippen molar-refractivity contribution in [2.24, 2.45) is 11.8 Å². The summed E-state index contributed by atoms with van der Waals surface area (Å²) in [5.74, 6) is -0.805. The van der Waals surface area contributed by atoms with E-state index in [1.807, 2.05) is 6.07 Å². The number of carboxylic acids is 1. The molecule has 0 amide bonds. The SMILES string of the molecule is O=C(O)CCCCCC[C@@H]1[C@@H](CCC(O)/C=C/c2cccc(CF)c2)[C@H](O)C[C@@H]1O. The first-order valence-corrected chi connectivity index (χ1v) is 11.0. The fourth-order valence-electron chi connectivity index (χ4n) is 4.45. The Balaban J connectivity index is 1.78. The maximum atomic E-state index is 12.7. The molecule has 1 aromatic carbocycles. The molecule has 1 unspecified atom stereocenters.